The zero-order valence-corrected chi connectivity index (χ0v) is 5.49. The molecule has 0 bridgehead atoms. The minimum absolute atomic E-state index is 0.601. The van der Waals surface area contributed by atoms with Gasteiger partial charge in [0.25, 0.3) is 0 Å². The van der Waals surface area contributed by atoms with Crippen LogP contribution in [0.25, 0.3) is 0 Å². The van der Waals surface area contributed by atoms with E-state index >= 15 is 0 Å². The third kappa shape index (κ3) is 0.618. The third-order valence-electron chi connectivity index (χ3n) is 1.57. The van der Waals surface area contributed by atoms with E-state index in [2.05, 4.69) is 10.1 Å². The zero-order valence-electron chi connectivity index (χ0n) is 5.49. The molecule has 4 heteroatoms. The van der Waals surface area contributed by atoms with Crippen LogP contribution >= 0.6 is 0 Å². The molecule has 1 aliphatic heterocycles. The van der Waals surface area contributed by atoms with Crippen molar-refractivity contribution in [3.8, 4) is 0 Å². The van der Waals surface area contributed by atoms with Crippen molar-refractivity contribution >= 4 is 5.84 Å². The Balaban J connectivity index is 2.55. The summed E-state index contributed by atoms with van der Waals surface area (Å²) in [5.74, 6) is 0.601. The smallest absolute Gasteiger partial charge is 0.144 e. The van der Waals surface area contributed by atoms with E-state index in [0.29, 0.717) is 5.84 Å². The van der Waals surface area contributed by atoms with Gasteiger partial charge in [-0.15, -0.1) is 0 Å². The highest BCUT2D eigenvalue weighted by atomic mass is 15.3. The average molecular weight is 136 g/mol. The summed E-state index contributed by atoms with van der Waals surface area (Å²) in [5, 5.41) is 4.06. The lowest BCUT2D eigenvalue weighted by molar-refractivity contribution is 0.606. The van der Waals surface area contributed by atoms with Gasteiger partial charge in [-0.25, -0.2) is 0 Å². The fourth-order valence-corrected chi connectivity index (χ4v) is 1.07. The van der Waals surface area contributed by atoms with Crippen LogP contribution in [0.15, 0.2) is 17.3 Å². The normalized spacial score (nSPS) is 16.2. The van der Waals surface area contributed by atoms with Gasteiger partial charge in [-0.05, 0) is 6.07 Å². The quantitative estimate of drug-likeness (QED) is 0.527. The van der Waals surface area contributed by atoms with Crippen molar-refractivity contribution < 1.29 is 0 Å². The van der Waals surface area contributed by atoms with E-state index in [-0.39, 0.29) is 0 Å². The maximum atomic E-state index is 5.58. The highest BCUT2D eigenvalue weighted by molar-refractivity contribution is 5.96. The predicted octanol–water partition coefficient (Wildman–Crippen LogP) is -0.398. The number of hydrogen-bond donors (Lipinski definition) is 1. The van der Waals surface area contributed by atoms with Gasteiger partial charge in [0.1, 0.15) is 11.5 Å². The molecule has 52 valence electrons. The Morgan fingerprint density at radius 3 is 3.30 bits per heavy atom. The molecule has 0 atom stereocenters. The SMILES string of the molecule is NC1=NCCn2nccc21. The molecule has 0 saturated heterocycles. The van der Waals surface area contributed by atoms with Gasteiger partial charge in [0, 0.05) is 6.20 Å². The van der Waals surface area contributed by atoms with Crippen molar-refractivity contribution in [3.63, 3.8) is 0 Å². The van der Waals surface area contributed by atoms with Crippen LogP contribution in [0.5, 0.6) is 0 Å². The number of rotatable bonds is 0. The summed E-state index contributed by atoms with van der Waals surface area (Å²) in [4.78, 5) is 4.08. The first-order valence-electron chi connectivity index (χ1n) is 3.20. The molecular formula is C6H8N4. The summed E-state index contributed by atoms with van der Waals surface area (Å²) in [6.45, 7) is 1.60. The lowest BCUT2D eigenvalue weighted by atomic mass is 10.3. The molecule has 10 heavy (non-hydrogen) atoms. The third-order valence-corrected chi connectivity index (χ3v) is 1.57. The van der Waals surface area contributed by atoms with Crippen molar-refractivity contribution in [3.05, 3.63) is 18.0 Å². The van der Waals surface area contributed by atoms with Gasteiger partial charge >= 0.3 is 0 Å². The van der Waals surface area contributed by atoms with E-state index in [0.717, 1.165) is 18.8 Å². The lowest BCUT2D eigenvalue weighted by Gasteiger charge is -2.10. The summed E-state index contributed by atoms with van der Waals surface area (Å²) in [5.41, 5.74) is 6.52. The fourth-order valence-electron chi connectivity index (χ4n) is 1.07. The van der Waals surface area contributed by atoms with Gasteiger partial charge in [0.2, 0.25) is 0 Å². The highest BCUT2D eigenvalue weighted by Gasteiger charge is 2.09. The second-order valence-electron chi connectivity index (χ2n) is 2.21. The molecule has 0 aromatic carbocycles. The molecule has 0 spiro atoms. The topological polar surface area (TPSA) is 56.2 Å². The summed E-state index contributed by atoms with van der Waals surface area (Å²) >= 11 is 0. The summed E-state index contributed by atoms with van der Waals surface area (Å²) in [7, 11) is 0. The van der Waals surface area contributed by atoms with Crippen LogP contribution in [0.1, 0.15) is 5.69 Å². The Morgan fingerprint density at radius 2 is 2.50 bits per heavy atom. The Labute approximate surface area is 58.4 Å². The van der Waals surface area contributed by atoms with Crippen LogP contribution in [0.2, 0.25) is 0 Å². The molecule has 0 amide bonds. The highest BCUT2D eigenvalue weighted by Crippen LogP contribution is 2.02. The van der Waals surface area contributed by atoms with Crippen molar-refractivity contribution in [1.82, 2.24) is 9.78 Å². The number of hydrogen-bond acceptors (Lipinski definition) is 3. The summed E-state index contributed by atoms with van der Waals surface area (Å²) < 4.78 is 1.86. The number of fused-ring (bicyclic) bond motifs is 1. The van der Waals surface area contributed by atoms with Gasteiger partial charge in [-0.3, -0.25) is 9.67 Å². The molecule has 0 radical (unpaired) electrons. The standard InChI is InChI=1S/C6H8N4/c7-6-5-1-2-9-10(5)4-3-8-6/h1-2H,3-4H2,(H2,7,8). The van der Waals surface area contributed by atoms with E-state index in [4.69, 9.17) is 5.73 Å². The minimum atomic E-state index is 0.601. The van der Waals surface area contributed by atoms with Gasteiger partial charge in [0.05, 0.1) is 13.1 Å². The second kappa shape index (κ2) is 1.83. The molecule has 2 rings (SSSR count). The Kier molecular flexibility index (Phi) is 1.00. The Hall–Kier alpha value is -1.32. The molecule has 2 N–H and O–H groups in total. The molecule has 2 heterocycles. The predicted molar refractivity (Wildman–Crippen MR) is 37.8 cm³/mol. The van der Waals surface area contributed by atoms with Crippen LogP contribution in [0, 0.1) is 0 Å². The monoisotopic (exact) mass is 136 g/mol. The van der Waals surface area contributed by atoms with E-state index in [1.165, 1.54) is 0 Å². The number of nitrogens with two attached hydrogens (primary N) is 1. The number of aromatic nitrogens is 2. The van der Waals surface area contributed by atoms with Crippen molar-refractivity contribution in [2.75, 3.05) is 6.54 Å². The average Bonchev–Trinajstić information content (AvgIpc) is 2.36. The molecule has 0 fully saturated rings. The van der Waals surface area contributed by atoms with Crippen LogP contribution in [-0.2, 0) is 6.54 Å². The van der Waals surface area contributed by atoms with Gasteiger partial charge in [-0.2, -0.15) is 5.10 Å². The van der Waals surface area contributed by atoms with E-state index < -0.39 is 0 Å². The zero-order chi connectivity index (χ0) is 6.97. The van der Waals surface area contributed by atoms with Crippen molar-refractivity contribution in [2.45, 2.75) is 6.54 Å². The number of nitrogens with zero attached hydrogens (tertiary/aromatic N) is 3. The first kappa shape index (κ1) is 5.46. The van der Waals surface area contributed by atoms with Crippen LogP contribution in [-0.4, -0.2) is 22.2 Å². The largest absolute Gasteiger partial charge is 0.382 e. The van der Waals surface area contributed by atoms with Crippen LogP contribution in [0.4, 0.5) is 0 Å². The molecule has 0 unspecified atom stereocenters. The Morgan fingerprint density at radius 1 is 1.60 bits per heavy atom. The maximum absolute atomic E-state index is 5.58. The van der Waals surface area contributed by atoms with Crippen LogP contribution < -0.4 is 5.73 Å². The molecule has 1 aliphatic rings. The molecular weight excluding hydrogens is 128 g/mol. The van der Waals surface area contributed by atoms with Crippen LogP contribution in [0.3, 0.4) is 0 Å². The minimum Gasteiger partial charge on any atom is -0.382 e. The molecule has 1 aromatic rings. The van der Waals surface area contributed by atoms with Crippen molar-refractivity contribution in [1.29, 1.82) is 0 Å². The number of aliphatic imine (C=N–C) groups is 1. The second-order valence-corrected chi connectivity index (χ2v) is 2.21. The first-order chi connectivity index (χ1) is 4.88. The van der Waals surface area contributed by atoms with E-state index in [1.54, 1.807) is 6.20 Å². The van der Waals surface area contributed by atoms with E-state index in [9.17, 15) is 0 Å². The fraction of sp³-hybridized carbons (Fsp3) is 0.333. The number of amidine groups is 1. The lowest BCUT2D eigenvalue weighted by Crippen LogP contribution is -2.25. The molecule has 4 nitrogen and oxygen atoms in total. The molecule has 0 aliphatic carbocycles. The Bertz CT molecular complexity index is 273. The van der Waals surface area contributed by atoms with Gasteiger partial charge < -0.3 is 5.73 Å². The first-order valence-corrected chi connectivity index (χ1v) is 3.20. The summed E-state index contributed by atoms with van der Waals surface area (Å²) in [6, 6.07) is 1.87. The van der Waals surface area contributed by atoms with E-state index in [1.807, 2.05) is 10.7 Å². The molecule has 1 aromatic heterocycles. The maximum Gasteiger partial charge on any atom is 0.144 e. The molecule has 0 saturated carbocycles. The van der Waals surface area contributed by atoms with Gasteiger partial charge in [0.15, 0.2) is 0 Å². The van der Waals surface area contributed by atoms with Crippen molar-refractivity contribution in [2.24, 2.45) is 10.7 Å². The summed E-state index contributed by atoms with van der Waals surface area (Å²) in [6.07, 6.45) is 1.74. The van der Waals surface area contributed by atoms with Gasteiger partial charge in [-0.1, -0.05) is 0 Å².